The second-order valence-corrected chi connectivity index (χ2v) is 16.9. The minimum atomic E-state index is -0.559. The van der Waals surface area contributed by atoms with Gasteiger partial charge in [0.05, 0.1) is 22.9 Å². The summed E-state index contributed by atoms with van der Waals surface area (Å²) in [5.41, 5.74) is 2.58. The predicted molar refractivity (Wildman–Crippen MR) is 198 cm³/mol. The number of amides is 2. The number of nitrogens with one attached hydrogen (secondary N) is 4. The Morgan fingerprint density at radius 2 is 1.14 bits per heavy atom. The molecule has 6 heterocycles. The van der Waals surface area contributed by atoms with E-state index in [4.69, 9.17) is 29.4 Å². The van der Waals surface area contributed by atoms with Crippen LogP contribution in [0, 0.1) is 0 Å². The quantitative estimate of drug-likeness (QED) is 0.112. The molecule has 2 saturated heterocycles. The molecule has 2 fully saturated rings. The lowest BCUT2D eigenvalue weighted by Crippen LogP contribution is -2.40. The molecule has 0 saturated carbocycles. The number of fused-ring (bicyclic) bond motifs is 2. The predicted octanol–water partition coefficient (Wildman–Crippen LogP) is 6.36. The van der Waals surface area contributed by atoms with Crippen molar-refractivity contribution in [3.8, 4) is 0 Å². The molecule has 2 aliphatic heterocycles. The number of hydrogen-bond donors (Lipinski definition) is 4. The van der Waals surface area contributed by atoms with E-state index in [-0.39, 0.29) is 12.1 Å². The summed E-state index contributed by atoms with van der Waals surface area (Å²) in [5, 5.41) is 9.11. The molecule has 16 heteroatoms. The number of carbonyl (C=O) groups is 2. The molecule has 270 valence electrons. The molecular formula is C34H48N10O4S2. The molecule has 0 aliphatic carbocycles. The first kappa shape index (κ1) is 35.9. The molecule has 0 unspecified atom stereocenters. The van der Waals surface area contributed by atoms with Crippen LogP contribution in [-0.4, -0.2) is 91.6 Å². The van der Waals surface area contributed by atoms with Crippen LogP contribution in [0.4, 0.5) is 21.2 Å². The second-order valence-electron chi connectivity index (χ2n) is 14.8. The zero-order chi connectivity index (χ0) is 35.8. The van der Waals surface area contributed by atoms with Gasteiger partial charge in [-0.05, 0) is 101 Å². The lowest BCUT2D eigenvalue weighted by molar-refractivity contribution is 0.0497. The summed E-state index contributed by atoms with van der Waals surface area (Å²) < 4.78 is 11.0. The summed E-state index contributed by atoms with van der Waals surface area (Å²) in [7, 11) is 2.82. The number of anilines is 2. The van der Waals surface area contributed by atoms with Crippen LogP contribution < -0.4 is 20.4 Å². The van der Waals surface area contributed by atoms with Crippen LogP contribution in [0.5, 0.6) is 0 Å². The van der Waals surface area contributed by atoms with Crippen molar-refractivity contribution in [1.82, 2.24) is 40.5 Å². The van der Waals surface area contributed by atoms with Crippen molar-refractivity contribution in [2.24, 2.45) is 0 Å². The third-order valence-corrected chi connectivity index (χ3v) is 10.3. The number of ether oxygens (including phenoxy) is 2. The number of nitrogens with zero attached hydrogens (tertiary/aromatic N) is 6. The highest BCUT2D eigenvalue weighted by Crippen LogP contribution is 2.39. The topological polar surface area (TPSA) is 166 Å². The normalized spacial score (nSPS) is 18.3. The molecule has 2 atom stereocenters. The smallest absolute Gasteiger partial charge is 0.407 e. The number of aryl methyl sites for hydroxylation is 2. The van der Waals surface area contributed by atoms with Gasteiger partial charge in [0.2, 0.25) is 10.3 Å². The van der Waals surface area contributed by atoms with Gasteiger partial charge in [-0.25, -0.2) is 29.5 Å². The Labute approximate surface area is 300 Å². The number of H-pyrrole nitrogens is 2. The first-order valence-electron chi connectivity index (χ1n) is 17.3. The van der Waals surface area contributed by atoms with E-state index < -0.39 is 23.4 Å². The lowest BCUT2D eigenvalue weighted by Gasteiger charge is -2.22. The van der Waals surface area contributed by atoms with Crippen molar-refractivity contribution in [2.75, 3.05) is 36.0 Å². The monoisotopic (exact) mass is 724 g/mol. The van der Waals surface area contributed by atoms with Gasteiger partial charge in [-0.3, -0.25) is 0 Å². The molecule has 4 N–H and O–H groups in total. The molecule has 14 nitrogen and oxygen atoms in total. The van der Waals surface area contributed by atoms with Gasteiger partial charge in [-0.2, -0.15) is 0 Å². The van der Waals surface area contributed by atoms with E-state index >= 15 is 0 Å². The van der Waals surface area contributed by atoms with Gasteiger partial charge in [0, 0.05) is 37.6 Å². The Kier molecular flexibility index (Phi) is 10.3. The Bertz CT molecular complexity index is 1730. The van der Waals surface area contributed by atoms with Crippen LogP contribution in [0.15, 0.2) is 22.4 Å². The molecule has 0 radical (unpaired) electrons. The highest BCUT2D eigenvalue weighted by Gasteiger charge is 2.31. The highest BCUT2D eigenvalue weighted by molar-refractivity contribution is 8.76. The van der Waals surface area contributed by atoms with Crippen LogP contribution in [-0.2, 0) is 22.3 Å². The van der Waals surface area contributed by atoms with Gasteiger partial charge in [0.1, 0.15) is 34.1 Å². The van der Waals surface area contributed by atoms with Crippen LogP contribution >= 0.6 is 21.6 Å². The Morgan fingerprint density at radius 1 is 0.740 bits per heavy atom. The maximum atomic E-state index is 12.5. The number of aromatic amines is 2. The second kappa shape index (κ2) is 14.4. The molecule has 2 aliphatic rings. The first-order chi connectivity index (χ1) is 23.7. The van der Waals surface area contributed by atoms with E-state index in [0.717, 1.165) is 83.9 Å². The minimum Gasteiger partial charge on any atom is -0.444 e. The number of aromatic nitrogens is 6. The van der Waals surface area contributed by atoms with Gasteiger partial charge >= 0.3 is 12.2 Å². The van der Waals surface area contributed by atoms with E-state index in [9.17, 15) is 9.59 Å². The van der Waals surface area contributed by atoms with Crippen LogP contribution in [0.1, 0.15) is 79.6 Å². The van der Waals surface area contributed by atoms with Crippen molar-refractivity contribution in [3.05, 3.63) is 23.5 Å². The van der Waals surface area contributed by atoms with Gasteiger partial charge in [0.15, 0.2) is 0 Å². The van der Waals surface area contributed by atoms with Crippen molar-refractivity contribution < 1.29 is 19.1 Å². The number of carbonyl (C=O) groups excluding carboxylic acids is 2. The maximum absolute atomic E-state index is 12.5. The fourth-order valence-electron chi connectivity index (χ4n) is 6.16. The third-order valence-electron chi connectivity index (χ3n) is 8.37. The zero-order valence-corrected chi connectivity index (χ0v) is 31.7. The molecular weight excluding hydrogens is 677 g/mol. The third kappa shape index (κ3) is 8.68. The molecule has 6 rings (SSSR count). The van der Waals surface area contributed by atoms with E-state index in [1.165, 1.54) is 21.6 Å². The minimum absolute atomic E-state index is 0.0539. The molecule has 0 spiro atoms. The molecule has 4 aromatic heterocycles. The number of rotatable bonds is 9. The fraction of sp³-hybridized carbons (Fsp3) is 0.588. The molecule has 4 aromatic rings. The maximum Gasteiger partial charge on any atom is 0.407 e. The highest BCUT2D eigenvalue weighted by atomic mass is 33.1. The zero-order valence-electron chi connectivity index (χ0n) is 30.1. The average molecular weight is 725 g/mol. The molecule has 50 heavy (non-hydrogen) atoms. The van der Waals surface area contributed by atoms with Gasteiger partial charge in [-0.1, -0.05) is 13.8 Å². The van der Waals surface area contributed by atoms with Crippen molar-refractivity contribution in [1.29, 1.82) is 0 Å². The summed E-state index contributed by atoms with van der Waals surface area (Å²) in [6, 6.07) is 4.12. The summed E-state index contributed by atoms with van der Waals surface area (Å²) in [5.74, 6) is 1.66. The lowest BCUT2D eigenvalue weighted by atomic mass is 10.2. The SMILES string of the molecule is CCc1cc2c(N3CC[C@@H](NC(=O)OC(C)(C)C)C3)nc(SSc3nc(N4CC[C@@H](NC(=O)OC(C)(C)C)C4)c4cc(CC)[nH]c4n3)nc2[nH]1. The Hall–Kier alpha value is -3.92. The Morgan fingerprint density at radius 3 is 1.50 bits per heavy atom. The van der Waals surface area contributed by atoms with Crippen LogP contribution in [0.2, 0.25) is 0 Å². The summed E-state index contributed by atoms with van der Waals surface area (Å²) >= 11 is 0. The molecule has 0 aromatic carbocycles. The van der Waals surface area contributed by atoms with E-state index in [1.54, 1.807) is 0 Å². The van der Waals surface area contributed by atoms with Crippen molar-refractivity contribution >= 4 is 67.5 Å². The summed E-state index contributed by atoms with van der Waals surface area (Å²) in [4.78, 5) is 56.1. The fourth-order valence-corrected chi connectivity index (χ4v) is 7.71. The largest absolute Gasteiger partial charge is 0.444 e. The van der Waals surface area contributed by atoms with E-state index in [0.29, 0.717) is 23.4 Å². The van der Waals surface area contributed by atoms with Gasteiger partial charge in [-0.15, -0.1) is 0 Å². The van der Waals surface area contributed by atoms with Crippen LogP contribution in [0.25, 0.3) is 22.1 Å². The van der Waals surface area contributed by atoms with Crippen molar-refractivity contribution in [3.63, 3.8) is 0 Å². The van der Waals surface area contributed by atoms with Gasteiger partial charge in [0.25, 0.3) is 0 Å². The summed E-state index contributed by atoms with van der Waals surface area (Å²) in [6.07, 6.45) is 2.43. The number of hydrogen-bond acceptors (Lipinski definition) is 12. The van der Waals surface area contributed by atoms with E-state index in [1.807, 2.05) is 41.5 Å². The van der Waals surface area contributed by atoms with E-state index in [2.05, 4.69) is 56.4 Å². The van der Waals surface area contributed by atoms with Crippen LogP contribution in [0.3, 0.4) is 0 Å². The first-order valence-corrected chi connectivity index (χ1v) is 19.4. The number of alkyl carbamates (subject to hydrolysis) is 2. The van der Waals surface area contributed by atoms with Crippen molar-refractivity contribution in [2.45, 2.75) is 115 Å². The standard InChI is InChI=1S/C34H48N10O4S2/c1-9-19-15-23-25(35-19)39-29(41-27(23)43-13-11-21(17-43)37-31(45)47-33(3,4)5)49-50-30-40-26-24(16-20(10-2)36-26)28(42-30)44-14-12-22(18-44)38-32(46)48-34(6,7)8/h15-16,21-22H,9-14,17-18H2,1-8H3,(H,37,45)(H,38,46)(H,35,39,41)(H,36,40,42)/t21-,22-/m1/s1. The Balaban J connectivity index is 1.21. The average Bonchev–Trinajstić information content (AvgIpc) is 3.83. The molecule has 2 amide bonds. The summed E-state index contributed by atoms with van der Waals surface area (Å²) in [6.45, 7) is 18.1. The molecule has 0 bridgehead atoms. The van der Waals surface area contributed by atoms with Gasteiger partial charge < -0.3 is 39.9 Å².